The molecule has 5 aromatic heterocycles. The molecule has 0 aliphatic rings. The minimum atomic E-state index is -0.392. The van der Waals surface area contributed by atoms with Gasteiger partial charge in [0.15, 0.2) is 15.6 Å². The summed E-state index contributed by atoms with van der Waals surface area (Å²) in [6.45, 7) is 1.84. The molecular weight excluding hydrogens is 521 g/mol. The van der Waals surface area contributed by atoms with Crippen molar-refractivity contribution in [2.75, 3.05) is 12.4 Å². The van der Waals surface area contributed by atoms with E-state index in [4.69, 9.17) is 27.9 Å². The maximum Gasteiger partial charge on any atom is 0.259 e. The molecule has 9 nitrogen and oxygen atoms in total. The molecule has 5 aromatic rings. The lowest BCUT2D eigenvalue weighted by Gasteiger charge is -2.13. The van der Waals surface area contributed by atoms with Crippen molar-refractivity contribution in [2.24, 2.45) is 0 Å². The van der Waals surface area contributed by atoms with Crippen molar-refractivity contribution in [2.45, 2.75) is 13.3 Å². The molecule has 0 aliphatic heterocycles. The quantitative estimate of drug-likeness (QED) is 0.286. The van der Waals surface area contributed by atoms with Gasteiger partial charge in [0.1, 0.15) is 10.9 Å². The predicted octanol–water partition coefficient (Wildman–Crippen LogP) is 5.41. The summed E-state index contributed by atoms with van der Waals surface area (Å²) in [6, 6.07) is 7.06. The average molecular weight is 538 g/mol. The number of amides is 1. The summed E-state index contributed by atoms with van der Waals surface area (Å²) in [7, 11) is 1.53. The SMILES string of the molecule is COc1cnc(Cl)cc1-c1cc(C)ncc1C(=O)Nc1nc2ncc(Cc3ccc(Cl)cn3)nc2s1. The molecule has 0 saturated heterocycles. The first-order valence-electron chi connectivity index (χ1n) is 10.6. The third-order valence-corrected chi connectivity index (χ3v) is 6.46. The van der Waals surface area contributed by atoms with Gasteiger partial charge in [-0.15, -0.1) is 0 Å². The van der Waals surface area contributed by atoms with E-state index < -0.39 is 5.91 Å². The van der Waals surface area contributed by atoms with Crippen molar-refractivity contribution >= 4 is 56.1 Å². The molecule has 0 aliphatic carbocycles. The van der Waals surface area contributed by atoms with Crippen LogP contribution < -0.4 is 10.1 Å². The fourth-order valence-corrected chi connectivity index (χ4v) is 4.59. The van der Waals surface area contributed by atoms with Gasteiger partial charge in [0.25, 0.3) is 5.91 Å². The minimum absolute atomic E-state index is 0.277. The molecule has 180 valence electrons. The number of nitrogens with one attached hydrogen (secondary N) is 1. The number of carbonyl (C=O) groups excluding carboxylic acids is 1. The van der Waals surface area contributed by atoms with Crippen LogP contribution in [-0.4, -0.2) is 42.9 Å². The van der Waals surface area contributed by atoms with Crippen molar-refractivity contribution in [1.29, 1.82) is 0 Å². The highest BCUT2D eigenvalue weighted by Crippen LogP contribution is 2.34. The highest BCUT2D eigenvalue weighted by Gasteiger charge is 2.20. The molecule has 5 heterocycles. The number of rotatable bonds is 6. The predicted molar refractivity (Wildman–Crippen MR) is 139 cm³/mol. The Bertz CT molecular complexity index is 1590. The van der Waals surface area contributed by atoms with E-state index in [1.165, 1.54) is 30.8 Å². The smallest absolute Gasteiger partial charge is 0.259 e. The number of aromatic nitrogens is 6. The number of hydrogen-bond acceptors (Lipinski definition) is 9. The fourth-order valence-electron chi connectivity index (χ4n) is 3.51. The van der Waals surface area contributed by atoms with Gasteiger partial charge in [0.2, 0.25) is 0 Å². The molecule has 0 fully saturated rings. The number of pyridine rings is 3. The third-order valence-electron chi connectivity index (χ3n) is 5.17. The molecule has 5 rings (SSSR count). The van der Waals surface area contributed by atoms with Crippen LogP contribution in [0.15, 0.2) is 49.1 Å². The number of fused-ring (bicyclic) bond motifs is 1. The normalized spacial score (nSPS) is 11.0. The molecule has 0 aromatic carbocycles. The van der Waals surface area contributed by atoms with E-state index in [0.29, 0.717) is 49.5 Å². The van der Waals surface area contributed by atoms with E-state index in [0.717, 1.165) is 17.1 Å². The summed E-state index contributed by atoms with van der Waals surface area (Å²) in [5.41, 5.74) is 4.27. The molecule has 1 N–H and O–H groups in total. The van der Waals surface area contributed by atoms with Gasteiger partial charge < -0.3 is 4.74 Å². The number of carbonyl (C=O) groups is 1. The number of ether oxygens (including phenoxy) is 1. The van der Waals surface area contributed by atoms with Gasteiger partial charge >= 0.3 is 0 Å². The molecule has 0 radical (unpaired) electrons. The molecular formula is C24H17Cl2N7O2S. The van der Waals surface area contributed by atoms with Crippen molar-refractivity contribution < 1.29 is 9.53 Å². The second-order valence-electron chi connectivity index (χ2n) is 7.69. The Hall–Kier alpha value is -3.73. The van der Waals surface area contributed by atoms with Crippen LogP contribution in [0.4, 0.5) is 5.13 Å². The second kappa shape index (κ2) is 10.1. The molecule has 0 bridgehead atoms. The number of hydrogen-bond donors (Lipinski definition) is 1. The second-order valence-corrected chi connectivity index (χ2v) is 9.49. The van der Waals surface area contributed by atoms with Crippen molar-refractivity contribution in [3.05, 3.63) is 81.9 Å². The number of halogens is 2. The topological polar surface area (TPSA) is 116 Å². The summed E-state index contributed by atoms with van der Waals surface area (Å²) in [5.74, 6) is 0.0901. The van der Waals surface area contributed by atoms with Crippen LogP contribution in [0.2, 0.25) is 10.2 Å². The zero-order chi connectivity index (χ0) is 25.2. The summed E-state index contributed by atoms with van der Waals surface area (Å²) >= 11 is 13.3. The van der Waals surface area contributed by atoms with Crippen LogP contribution in [0.5, 0.6) is 5.75 Å². The minimum Gasteiger partial charge on any atom is -0.494 e. The first kappa shape index (κ1) is 24.0. The van der Waals surface area contributed by atoms with Crippen LogP contribution in [0, 0.1) is 6.92 Å². The van der Waals surface area contributed by atoms with E-state index in [1.54, 1.807) is 30.6 Å². The van der Waals surface area contributed by atoms with E-state index in [2.05, 4.69) is 35.2 Å². The monoisotopic (exact) mass is 537 g/mol. The molecule has 12 heteroatoms. The first-order valence-corrected chi connectivity index (χ1v) is 12.2. The Morgan fingerprint density at radius 2 is 1.83 bits per heavy atom. The van der Waals surface area contributed by atoms with Crippen LogP contribution in [-0.2, 0) is 6.42 Å². The molecule has 1 amide bonds. The number of thiazole rings is 1. The highest BCUT2D eigenvalue weighted by molar-refractivity contribution is 7.21. The number of methoxy groups -OCH3 is 1. The Morgan fingerprint density at radius 1 is 0.972 bits per heavy atom. The summed E-state index contributed by atoms with van der Waals surface area (Å²) in [4.78, 5) is 39.9. The van der Waals surface area contributed by atoms with Crippen LogP contribution in [0.3, 0.4) is 0 Å². The number of nitrogens with zero attached hydrogens (tertiary/aromatic N) is 6. The molecule has 0 unspecified atom stereocenters. The molecule has 36 heavy (non-hydrogen) atoms. The van der Waals surface area contributed by atoms with Crippen molar-refractivity contribution in [3.63, 3.8) is 0 Å². The lowest BCUT2D eigenvalue weighted by molar-refractivity contribution is 0.102. The Kier molecular flexibility index (Phi) is 6.73. The van der Waals surface area contributed by atoms with Crippen molar-refractivity contribution in [1.82, 2.24) is 29.9 Å². The van der Waals surface area contributed by atoms with Crippen molar-refractivity contribution in [3.8, 4) is 16.9 Å². The van der Waals surface area contributed by atoms with Gasteiger partial charge in [0, 0.05) is 41.3 Å². The van der Waals surface area contributed by atoms with E-state index in [9.17, 15) is 4.79 Å². The molecule has 0 atom stereocenters. The lowest BCUT2D eigenvalue weighted by Crippen LogP contribution is -2.14. The highest BCUT2D eigenvalue weighted by atomic mass is 35.5. The number of aryl methyl sites for hydroxylation is 1. The Labute approximate surface area is 219 Å². The van der Waals surface area contributed by atoms with E-state index in [-0.39, 0.29) is 5.15 Å². The Morgan fingerprint density at radius 3 is 2.61 bits per heavy atom. The van der Waals surface area contributed by atoms with Gasteiger partial charge in [-0.3, -0.25) is 20.1 Å². The standard InChI is InChI=1S/C24H17Cl2N7O2S/c1-12-5-16(17-7-20(26)29-11-19(17)35-2)18(10-27-12)22(34)33-24-32-21-23(36-24)31-15(9-30-21)6-14-4-3-13(25)8-28-14/h3-5,7-11H,6H2,1-2H3,(H,30,32,33,34). The lowest BCUT2D eigenvalue weighted by atomic mass is 10.0. The van der Waals surface area contributed by atoms with Gasteiger partial charge in [-0.1, -0.05) is 34.5 Å². The van der Waals surface area contributed by atoms with Gasteiger partial charge in [-0.2, -0.15) is 4.98 Å². The van der Waals surface area contributed by atoms with E-state index >= 15 is 0 Å². The first-order chi connectivity index (χ1) is 17.4. The maximum absolute atomic E-state index is 13.3. The maximum atomic E-state index is 13.3. The Balaban J connectivity index is 1.43. The van der Waals surface area contributed by atoms with Crippen LogP contribution >= 0.6 is 34.5 Å². The van der Waals surface area contributed by atoms with Gasteiger partial charge in [-0.05, 0) is 31.2 Å². The zero-order valence-electron chi connectivity index (χ0n) is 19.0. The summed E-state index contributed by atoms with van der Waals surface area (Å²) in [5, 5.41) is 4.05. The summed E-state index contributed by atoms with van der Waals surface area (Å²) in [6.07, 6.45) is 6.75. The van der Waals surface area contributed by atoms with E-state index in [1.807, 2.05) is 13.0 Å². The zero-order valence-corrected chi connectivity index (χ0v) is 21.3. The average Bonchev–Trinajstić information content (AvgIpc) is 3.26. The fraction of sp³-hybridized carbons (Fsp3) is 0.125. The van der Waals surface area contributed by atoms with Crippen LogP contribution in [0.1, 0.15) is 27.4 Å². The van der Waals surface area contributed by atoms with Crippen LogP contribution in [0.25, 0.3) is 21.6 Å². The molecule has 0 spiro atoms. The third kappa shape index (κ3) is 5.11. The molecule has 0 saturated carbocycles. The largest absolute Gasteiger partial charge is 0.494 e. The summed E-state index contributed by atoms with van der Waals surface area (Å²) < 4.78 is 5.44. The number of anilines is 1. The van der Waals surface area contributed by atoms with Gasteiger partial charge in [0.05, 0.1) is 35.8 Å². The van der Waals surface area contributed by atoms with Gasteiger partial charge in [-0.25, -0.2) is 15.0 Å².